The van der Waals surface area contributed by atoms with Gasteiger partial charge in [-0.1, -0.05) is 38.1 Å². The SMILES string of the molecule is CCc1ccc2ccc(OC(CC)C(=O)OC)cc2c1. The summed E-state index contributed by atoms with van der Waals surface area (Å²) in [5.41, 5.74) is 1.29. The fourth-order valence-electron chi connectivity index (χ4n) is 2.16. The Hall–Kier alpha value is -2.03. The second-order valence-electron chi connectivity index (χ2n) is 4.73. The molecule has 0 N–H and O–H groups in total. The van der Waals surface area contributed by atoms with Crippen molar-refractivity contribution >= 4 is 16.7 Å². The van der Waals surface area contributed by atoms with Crippen molar-refractivity contribution in [3.05, 3.63) is 42.0 Å². The lowest BCUT2D eigenvalue weighted by molar-refractivity contribution is -0.148. The van der Waals surface area contributed by atoms with Crippen molar-refractivity contribution in [1.82, 2.24) is 0 Å². The summed E-state index contributed by atoms with van der Waals surface area (Å²) in [5, 5.41) is 2.29. The number of hydrogen-bond donors (Lipinski definition) is 0. The summed E-state index contributed by atoms with van der Waals surface area (Å²) in [6, 6.07) is 12.3. The number of carbonyl (C=O) groups is 1. The molecule has 2 aromatic carbocycles. The van der Waals surface area contributed by atoms with Gasteiger partial charge in [0.25, 0.3) is 0 Å². The monoisotopic (exact) mass is 272 g/mol. The maximum absolute atomic E-state index is 11.6. The molecule has 2 rings (SSSR count). The summed E-state index contributed by atoms with van der Waals surface area (Å²) < 4.78 is 10.5. The van der Waals surface area contributed by atoms with Crippen molar-refractivity contribution in [2.75, 3.05) is 7.11 Å². The van der Waals surface area contributed by atoms with Crippen LogP contribution < -0.4 is 4.74 Å². The summed E-state index contributed by atoms with van der Waals surface area (Å²) in [5.74, 6) is 0.359. The average Bonchev–Trinajstić information content (AvgIpc) is 2.50. The first-order valence-corrected chi connectivity index (χ1v) is 6.95. The van der Waals surface area contributed by atoms with Gasteiger partial charge in [0.05, 0.1) is 7.11 Å². The Balaban J connectivity index is 2.28. The summed E-state index contributed by atoms with van der Waals surface area (Å²) in [6.07, 6.45) is 1.03. The highest BCUT2D eigenvalue weighted by atomic mass is 16.6. The highest BCUT2D eigenvalue weighted by Gasteiger charge is 2.18. The molecule has 1 unspecified atom stereocenters. The summed E-state index contributed by atoms with van der Waals surface area (Å²) >= 11 is 0. The van der Waals surface area contributed by atoms with Crippen molar-refractivity contribution in [2.24, 2.45) is 0 Å². The first-order valence-electron chi connectivity index (χ1n) is 6.95. The van der Waals surface area contributed by atoms with Gasteiger partial charge in [0, 0.05) is 0 Å². The molecular weight excluding hydrogens is 252 g/mol. The van der Waals surface area contributed by atoms with E-state index in [0.717, 1.165) is 11.8 Å². The van der Waals surface area contributed by atoms with Gasteiger partial charge in [0.2, 0.25) is 0 Å². The average molecular weight is 272 g/mol. The molecular formula is C17H20O3. The Morgan fingerprint density at radius 2 is 1.85 bits per heavy atom. The van der Waals surface area contributed by atoms with Crippen LogP contribution in [-0.2, 0) is 16.0 Å². The van der Waals surface area contributed by atoms with Crippen LogP contribution >= 0.6 is 0 Å². The van der Waals surface area contributed by atoms with E-state index in [1.165, 1.54) is 18.1 Å². The molecule has 0 aliphatic heterocycles. The van der Waals surface area contributed by atoms with Crippen LogP contribution in [0, 0.1) is 0 Å². The fraction of sp³-hybridized carbons (Fsp3) is 0.353. The van der Waals surface area contributed by atoms with Gasteiger partial charge in [-0.05, 0) is 41.3 Å². The minimum atomic E-state index is -0.549. The molecule has 0 saturated carbocycles. The molecule has 106 valence electrons. The molecule has 0 spiro atoms. The van der Waals surface area contributed by atoms with Crippen molar-refractivity contribution in [2.45, 2.75) is 32.8 Å². The number of ether oxygens (including phenoxy) is 2. The molecule has 3 nitrogen and oxygen atoms in total. The zero-order valence-corrected chi connectivity index (χ0v) is 12.2. The van der Waals surface area contributed by atoms with E-state index >= 15 is 0 Å². The molecule has 0 aromatic heterocycles. The van der Waals surface area contributed by atoms with E-state index in [1.54, 1.807) is 0 Å². The van der Waals surface area contributed by atoms with E-state index in [1.807, 2.05) is 25.1 Å². The molecule has 3 heteroatoms. The van der Waals surface area contributed by atoms with Crippen LogP contribution in [0.25, 0.3) is 10.8 Å². The van der Waals surface area contributed by atoms with Crippen LogP contribution in [0.15, 0.2) is 36.4 Å². The van der Waals surface area contributed by atoms with Crippen LogP contribution in [0.5, 0.6) is 5.75 Å². The van der Waals surface area contributed by atoms with Crippen LogP contribution in [-0.4, -0.2) is 19.2 Å². The van der Waals surface area contributed by atoms with E-state index < -0.39 is 6.10 Å². The first kappa shape index (κ1) is 14.4. The van der Waals surface area contributed by atoms with Crippen molar-refractivity contribution in [3.63, 3.8) is 0 Å². The number of benzene rings is 2. The molecule has 0 bridgehead atoms. The molecule has 20 heavy (non-hydrogen) atoms. The number of aryl methyl sites for hydroxylation is 1. The molecule has 0 aliphatic rings. The molecule has 1 atom stereocenters. The molecule has 0 radical (unpaired) electrons. The summed E-state index contributed by atoms with van der Waals surface area (Å²) in [4.78, 5) is 11.6. The standard InChI is InChI=1S/C17H20O3/c1-4-12-6-7-13-8-9-15(11-14(13)10-12)20-16(5-2)17(18)19-3/h6-11,16H,4-5H2,1-3H3. The largest absolute Gasteiger partial charge is 0.479 e. The van der Waals surface area contributed by atoms with Gasteiger partial charge < -0.3 is 9.47 Å². The predicted molar refractivity (Wildman–Crippen MR) is 80.0 cm³/mol. The summed E-state index contributed by atoms with van der Waals surface area (Å²) in [7, 11) is 1.38. The molecule has 0 amide bonds. The lowest BCUT2D eigenvalue weighted by Crippen LogP contribution is -2.27. The first-order chi connectivity index (χ1) is 9.67. The number of methoxy groups -OCH3 is 1. The second-order valence-corrected chi connectivity index (χ2v) is 4.73. The molecule has 0 heterocycles. The minimum Gasteiger partial charge on any atom is -0.479 e. The number of carbonyl (C=O) groups excluding carboxylic acids is 1. The number of esters is 1. The Morgan fingerprint density at radius 3 is 2.50 bits per heavy atom. The number of rotatable bonds is 5. The maximum Gasteiger partial charge on any atom is 0.347 e. The Morgan fingerprint density at radius 1 is 1.10 bits per heavy atom. The zero-order valence-electron chi connectivity index (χ0n) is 12.2. The van der Waals surface area contributed by atoms with E-state index in [9.17, 15) is 4.79 Å². The summed E-state index contributed by atoms with van der Waals surface area (Å²) in [6.45, 7) is 4.03. The van der Waals surface area contributed by atoms with Crippen LogP contribution in [0.2, 0.25) is 0 Å². The third-order valence-electron chi connectivity index (χ3n) is 3.40. The quantitative estimate of drug-likeness (QED) is 0.778. The van der Waals surface area contributed by atoms with Gasteiger partial charge in [-0.3, -0.25) is 0 Å². The molecule has 0 fully saturated rings. The van der Waals surface area contributed by atoms with E-state index in [2.05, 4.69) is 25.1 Å². The lowest BCUT2D eigenvalue weighted by Gasteiger charge is -2.15. The molecule has 0 aliphatic carbocycles. The van der Waals surface area contributed by atoms with Crippen LogP contribution in [0.1, 0.15) is 25.8 Å². The Kier molecular flexibility index (Phi) is 4.61. The zero-order chi connectivity index (χ0) is 14.5. The second kappa shape index (κ2) is 6.42. The fourth-order valence-corrected chi connectivity index (χ4v) is 2.16. The topological polar surface area (TPSA) is 35.5 Å². The normalized spacial score (nSPS) is 12.2. The van der Waals surface area contributed by atoms with Gasteiger partial charge in [0.15, 0.2) is 6.10 Å². The molecule has 0 saturated heterocycles. The maximum atomic E-state index is 11.6. The third kappa shape index (κ3) is 3.10. The lowest BCUT2D eigenvalue weighted by atomic mass is 10.1. The van der Waals surface area contributed by atoms with Crippen molar-refractivity contribution in [3.8, 4) is 5.75 Å². The van der Waals surface area contributed by atoms with E-state index in [-0.39, 0.29) is 5.97 Å². The van der Waals surface area contributed by atoms with Gasteiger partial charge in [-0.25, -0.2) is 4.79 Å². The minimum absolute atomic E-state index is 0.338. The van der Waals surface area contributed by atoms with E-state index in [0.29, 0.717) is 12.2 Å². The third-order valence-corrected chi connectivity index (χ3v) is 3.40. The van der Waals surface area contributed by atoms with Gasteiger partial charge >= 0.3 is 5.97 Å². The highest BCUT2D eigenvalue weighted by Crippen LogP contribution is 2.23. The van der Waals surface area contributed by atoms with Crippen molar-refractivity contribution < 1.29 is 14.3 Å². The predicted octanol–water partition coefficient (Wildman–Crippen LogP) is 3.73. The number of fused-ring (bicyclic) bond motifs is 1. The Bertz CT molecular complexity index is 604. The smallest absolute Gasteiger partial charge is 0.347 e. The van der Waals surface area contributed by atoms with Gasteiger partial charge in [-0.15, -0.1) is 0 Å². The van der Waals surface area contributed by atoms with Gasteiger partial charge in [-0.2, -0.15) is 0 Å². The van der Waals surface area contributed by atoms with Crippen LogP contribution in [0.4, 0.5) is 0 Å². The van der Waals surface area contributed by atoms with E-state index in [4.69, 9.17) is 9.47 Å². The van der Waals surface area contributed by atoms with Gasteiger partial charge in [0.1, 0.15) is 5.75 Å². The highest BCUT2D eigenvalue weighted by molar-refractivity contribution is 5.84. The Labute approximate surface area is 119 Å². The van der Waals surface area contributed by atoms with Crippen molar-refractivity contribution in [1.29, 1.82) is 0 Å². The molecule has 2 aromatic rings. The van der Waals surface area contributed by atoms with Crippen LogP contribution in [0.3, 0.4) is 0 Å². The number of hydrogen-bond acceptors (Lipinski definition) is 3.